The summed E-state index contributed by atoms with van der Waals surface area (Å²) in [5.41, 5.74) is 8.58. The molecule has 0 saturated carbocycles. The fraction of sp³-hybridized carbons (Fsp3) is 0.533. The average Bonchev–Trinajstić information content (AvgIpc) is 2.39. The summed E-state index contributed by atoms with van der Waals surface area (Å²) in [6.45, 7) is 3.15. The van der Waals surface area contributed by atoms with Crippen LogP contribution in [0, 0.1) is 6.92 Å². The molecule has 3 N–H and O–H groups in total. The zero-order chi connectivity index (χ0) is 15.1. The molecule has 0 aliphatic carbocycles. The minimum absolute atomic E-state index is 0. The second-order valence-electron chi connectivity index (χ2n) is 5.23. The number of amides is 1. The first-order chi connectivity index (χ1) is 9.46. The molecule has 0 aliphatic rings. The van der Waals surface area contributed by atoms with E-state index < -0.39 is 0 Å². The summed E-state index contributed by atoms with van der Waals surface area (Å²) in [6, 6.07) is 6.10. The summed E-state index contributed by atoms with van der Waals surface area (Å²) >= 11 is 0. The molecule has 7 heteroatoms. The fourth-order valence-electron chi connectivity index (χ4n) is 1.94. The SMILES string of the molecule is COC(CN)CC(=O)Nc1cc(CN(C)C)ccc1C.Cl.Cl. The van der Waals surface area contributed by atoms with E-state index in [0.717, 1.165) is 23.4 Å². The van der Waals surface area contributed by atoms with Crippen LogP contribution in [0.4, 0.5) is 5.69 Å². The van der Waals surface area contributed by atoms with Gasteiger partial charge in [-0.2, -0.15) is 0 Å². The van der Waals surface area contributed by atoms with Crippen LogP contribution in [0.25, 0.3) is 0 Å². The molecule has 5 nitrogen and oxygen atoms in total. The zero-order valence-electron chi connectivity index (χ0n) is 13.6. The first-order valence-corrected chi connectivity index (χ1v) is 6.73. The lowest BCUT2D eigenvalue weighted by Gasteiger charge is -2.15. The topological polar surface area (TPSA) is 67.6 Å². The zero-order valence-corrected chi connectivity index (χ0v) is 15.2. The van der Waals surface area contributed by atoms with Crippen molar-refractivity contribution in [1.29, 1.82) is 0 Å². The van der Waals surface area contributed by atoms with E-state index in [4.69, 9.17) is 10.5 Å². The van der Waals surface area contributed by atoms with Crippen molar-refractivity contribution in [2.75, 3.05) is 33.1 Å². The van der Waals surface area contributed by atoms with Crippen LogP contribution < -0.4 is 11.1 Å². The van der Waals surface area contributed by atoms with E-state index in [2.05, 4.69) is 16.3 Å². The first-order valence-electron chi connectivity index (χ1n) is 6.73. The van der Waals surface area contributed by atoms with Gasteiger partial charge < -0.3 is 20.7 Å². The van der Waals surface area contributed by atoms with Gasteiger partial charge in [0, 0.05) is 25.9 Å². The molecule has 128 valence electrons. The van der Waals surface area contributed by atoms with E-state index in [0.29, 0.717) is 6.54 Å². The lowest BCUT2D eigenvalue weighted by Crippen LogP contribution is -2.28. The Labute approximate surface area is 145 Å². The molecule has 0 fully saturated rings. The van der Waals surface area contributed by atoms with Crippen LogP contribution in [0.3, 0.4) is 0 Å². The van der Waals surface area contributed by atoms with Crippen LogP contribution in [-0.4, -0.2) is 44.7 Å². The fourth-order valence-corrected chi connectivity index (χ4v) is 1.94. The number of hydrogen-bond donors (Lipinski definition) is 2. The Morgan fingerprint density at radius 1 is 1.36 bits per heavy atom. The summed E-state index contributed by atoms with van der Waals surface area (Å²) in [4.78, 5) is 14.1. The molecule has 0 spiro atoms. The number of halogens is 2. The lowest BCUT2D eigenvalue weighted by atomic mass is 10.1. The standard InChI is InChI=1S/C15H25N3O2.2ClH/c1-11-5-6-12(10-18(2)3)7-14(11)17-15(19)8-13(9-16)20-4;;/h5-7,13H,8-10,16H2,1-4H3,(H,17,19);2*1H. The molecule has 0 aromatic heterocycles. The Hall–Kier alpha value is -0.850. The minimum Gasteiger partial charge on any atom is -0.380 e. The van der Waals surface area contributed by atoms with Crippen LogP contribution >= 0.6 is 24.8 Å². The first kappa shape index (κ1) is 23.4. The Morgan fingerprint density at radius 3 is 2.50 bits per heavy atom. The predicted molar refractivity (Wildman–Crippen MR) is 96.2 cm³/mol. The second kappa shape index (κ2) is 11.7. The Bertz CT molecular complexity index is 452. The van der Waals surface area contributed by atoms with Gasteiger partial charge in [0.25, 0.3) is 0 Å². The van der Waals surface area contributed by atoms with E-state index in [-0.39, 0.29) is 43.2 Å². The molecule has 1 unspecified atom stereocenters. The number of ether oxygens (including phenoxy) is 1. The molecular formula is C15H27Cl2N3O2. The normalized spacial score (nSPS) is 11.4. The van der Waals surface area contributed by atoms with Gasteiger partial charge in [-0.15, -0.1) is 24.8 Å². The molecule has 1 amide bonds. The van der Waals surface area contributed by atoms with Crippen molar-refractivity contribution >= 4 is 36.4 Å². The van der Waals surface area contributed by atoms with E-state index in [1.165, 1.54) is 0 Å². The van der Waals surface area contributed by atoms with Crippen molar-refractivity contribution in [3.05, 3.63) is 29.3 Å². The molecule has 1 rings (SSSR count). The van der Waals surface area contributed by atoms with Crippen molar-refractivity contribution < 1.29 is 9.53 Å². The summed E-state index contributed by atoms with van der Waals surface area (Å²) in [5, 5.41) is 2.93. The number of anilines is 1. The van der Waals surface area contributed by atoms with Gasteiger partial charge in [-0.25, -0.2) is 0 Å². The van der Waals surface area contributed by atoms with E-state index >= 15 is 0 Å². The Kier molecular flexibility index (Phi) is 12.4. The van der Waals surface area contributed by atoms with Gasteiger partial charge in [-0.1, -0.05) is 12.1 Å². The number of nitrogens with one attached hydrogen (secondary N) is 1. The Balaban J connectivity index is 0. The van der Waals surface area contributed by atoms with Crippen LogP contribution in [0.15, 0.2) is 18.2 Å². The highest BCUT2D eigenvalue weighted by Gasteiger charge is 2.12. The third kappa shape index (κ3) is 7.96. The number of benzene rings is 1. The molecule has 1 aromatic carbocycles. The third-order valence-electron chi connectivity index (χ3n) is 3.08. The average molecular weight is 352 g/mol. The minimum atomic E-state index is -0.236. The van der Waals surface area contributed by atoms with Crippen molar-refractivity contribution in [3.8, 4) is 0 Å². The van der Waals surface area contributed by atoms with E-state index in [1.54, 1.807) is 7.11 Å². The highest BCUT2D eigenvalue weighted by Crippen LogP contribution is 2.18. The van der Waals surface area contributed by atoms with Crippen molar-refractivity contribution in [3.63, 3.8) is 0 Å². The molecule has 0 heterocycles. The molecule has 22 heavy (non-hydrogen) atoms. The molecule has 0 bridgehead atoms. The van der Waals surface area contributed by atoms with Gasteiger partial charge in [-0.3, -0.25) is 4.79 Å². The van der Waals surface area contributed by atoms with Crippen molar-refractivity contribution in [1.82, 2.24) is 4.90 Å². The molecule has 0 saturated heterocycles. The van der Waals surface area contributed by atoms with Gasteiger partial charge in [-0.05, 0) is 38.2 Å². The summed E-state index contributed by atoms with van der Waals surface area (Å²) in [6.07, 6.45) is 0.0323. The van der Waals surface area contributed by atoms with E-state index in [9.17, 15) is 4.79 Å². The number of carbonyl (C=O) groups is 1. The van der Waals surface area contributed by atoms with Crippen molar-refractivity contribution in [2.24, 2.45) is 5.73 Å². The van der Waals surface area contributed by atoms with Crippen LogP contribution in [0.5, 0.6) is 0 Å². The van der Waals surface area contributed by atoms with Crippen molar-refractivity contribution in [2.45, 2.75) is 26.0 Å². The maximum Gasteiger partial charge on any atom is 0.227 e. The smallest absolute Gasteiger partial charge is 0.227 e. The molecular weight excluding hydrogens is 325 g/mol. The lowest BCUT2D eigenvalue weighted by molar-refractivity contribution is -0.118. The van der Waals surface area contributed by atoms with Gasteiger partial charge >= 0.3 is 0 Å². The predicted octanol–water partition coefficient (Wildman–Crippen LogP) is 2.20. The number of methoxy groups -OCH3 is 1. The van der Waals surface area contributed by atoms with Crippen LogP contribution in [0.1, 0.15) is 17.5 Å². The van der Waals surface area contributed by atoms with E-state index in [1.807, 2.05) is 33.2 Å². The number of aryl methyl sites for hydroxylation is 1. The quantitative estimate of drug-likeness (QED) is 0.790. The molecule has 1 aromatic rings. The number of carbonyl (C=O) groups excluding carboxylic acids is 1. The molecule has 1 atom stereocenters. The van der Waals surface area contributed by atoms with Gasteiger partial charge in [0.15, 0.2) is 0 Å². The summed E-state index contributed by atoms with van der Waals surface area (Å²) in [5.74, 6) is -0.0765. The second-order valence-corrected chi connectivity index (χ2v) is 5.23. The third-order valence-corrected chi connectivity index (χ3v) is 3.08. The number of nitrogens with zero attached hydrogens (tertiary/aromatic N) is 1. The molecule has 0 radical (unpaired) electrons. The van der Waals surface area contributed by atoms with Gasteiger partial charge in [0.05, 0.1) is 12.5 Å². The largest absolute Gasteiger partial charge is 0.380 e. The summed E-state index contributed by atoms with van der Waals surface area (Å²) in [7, 11) is 5.60. The monoisotopic (exact) mass is 351 g/mol. The maximum atomic E-state index is 12.0. The van der Waals surface area contributed by atoms with Gasteiger partial charge in [0.2, 0.25) is 5.91 Å². The maximum absolute atomic E-state index is 12.0. The van der Waals surface area contributed by atoms with Gasteiger partial charge in [0.1, 0.15) is 0 Å². The Morgan fingerprint density at radius 2 is 2.00 bits per heavy atom. The van der Waals surface area contributed by atoms with Crippen LogP contribution in [-0.2, 0) is 16.1 Å². The summed E-state index contributed by atoms with van der Waals surface area (Å²) < 4.78 is 5.12. The highest BCUT2D eigenvalue weighted by atomic mass is 35.5. The highest BCUT2D eigenvalue weighted by molar-refractivity contribution is 5.91. The number of nitrogens with two attached hydrogens (primary N) is 1. The molecule has 0 aliphatic heterocycles. The van der Waals surface area contributed by atoms with Crippen LogP contribution in [0.2, 0.25) is 0 Å². The number of hydrogen-bond acceptors (Lipinski definition) is 4. The number of rotatable bonds is 7.